The van der Waals surface area contributed by atoms with Crippen molar-refractivity contribution in [3.8, 4) is 0 Å². The summed E-state index contributed by atoms with van der Waals surface area (Å²) in [4.78, 5) is 10.9. The number of nitrogens with one attached hydrogen (secondary N) is 1. The Morgan fingerprint density at radius 2 is 2.16 bits per heavy atom. The van der Waals surface area contributed by atoms with Crippen molar-refractivity contribution in [1.29, 1.82) is 0 Å². The third-order valence-electron chi connectivity index (χ3n) is 2.53. The molecule has 0 heterocycles. The number of sulfonamides is 1. The minimum atomic E-state index is -3.91. The summed E-state index contributed by atoms with van der Waals surface area (Å²) in [6, 6.07) is 3.76. The lowest BCUT2D eigenvalue weighted by Crippen LogP contribution is -2.17. The molecule has 0 aromatic heterocycles. The van der Waals surface area contributed by atoms with E-state index in [9.17, 15) is 13.2 Å². The highest BCUT2D eigenvalue weighted by atomic mass is 32.2. The molecule has 0 saturated heterocycles. The first-order valence-electron chi connectivity index (χ1n) is 5.42. The Kier molecular flexibility index (Phi) is 5.21. The van der Waals surface area contributed by atoms with Crippen LogP contribution in [0.3, 0.4) is 0 Å². The van der Waals surface area contributed by atoms with Gasteiger partial charge in [0.2, 0.25) is 10.0 Å². The summed E-state index contributed by atoms with van der Waals surface area (Å²) in [6.07, 6.45) is 1.95. The highest BCUT2D eigenvalue weighted by Crippen LogP contribution is 2.20. The molecule has 8 heteroatoms. The monoisotopic (exact) mass is 304 g/mol. The van der Waals surface area contributed by atoms with Gasteiger partial charge in [-0.15, -0.1) is 0 Å². The first-order valence-corrected chi connectivity index (χ1v) is 8.26. The van der Waals surface area contributed by atoms with Crippen molar-refractivity contribution in [2.24, 2.45) is 5.14 Å². The van der Waals surface area contributed by atoms with E-state index in [0.717, 1.165) is 6.07 Å². The minimum absolute atomic E-state index is 0.111. The first-order chi connectivity index (χ1) is 8.75. The molecule has 1 aromatic rings. The predicted octanol–water partition coefficient (Wildman–Crippen LogP) is 1.20. The van der Waals surface area contributed by atoms with E-state index < -0.39 is 16.0 Å². The molecule has 0 aliphatic heterocycles. The van der Waals surface area contributed by atoms with Crippen LogP contribution < -0.4 is 10.5 Å². The largest absolute Gasteiger partial charge is 0.478 e. The van der Waals surface area contributed by atoms with Crippen molar-refractivity contribution >= 4 is 33.4 Å². The van der Waals surface area contributed by atoms with E-state index >= 15 is 0 Å². The number of carbonyl (C=O) groups is 1. The van der Waals surface area contributed by atoms with Crippen LogP contribution in [0, 0.1) is 0 Å². The predicted molar refractivity (Wildman–Crippen MR) is 76.2 cm³/mol. The molecular weight excluding hydrogens is 288 g/mol. The lowest BCUT2D eigenvalue weighted by molar-refractivity contribution is 0.0697. The Hall–Kier alpha value is -1.25. The van der Waals surface area contributed by atoms with Crippen LogP contribution >= 0.6 is 11.8 Å². The van der Waals surface area contributed by atoms with Gasteiger partial charge in [-0.3, -0.25) is 0 Å². The Balaban J connectivity index is 3.09. The van der Waals surface area contributed by atoms with Crippen LogP contribution in [-0.4, -0.2) is 37.5 Å². The number of benzene rings is 1. The Morgan fingerprint density at radius 1 is 1.53 bits per heavy atom. The smallest absolute Gasteiger partial charge is 0.337 e. The number of aromatic carboxylic acids is 1. The SMILES string of the molecule is CSC(C)CNc1ccc(S(N)(=O)=O)cc1C(=O)O. The maximum atomic E-state index is 11.2. The fourth-order valence-corrected chi connectivity index (χ4v) is 2.16. The van der Waals surface area contributed by atoms with Gasteiger partial charge in [0.15, 0.2) is 0 Å². The standard InChI is InChI=1S/C11H16N2O4S2/c1-7(18-2)6-13-10-4-3-8(19(12,16)17)5-9(10)11(14)15/h3-5,7,13H,6H2,1-2H3,(H,14,15)(H2,12,16,17). The second kappa shape index (κ2) is 6.27. The summed E-state index contributed by atoms with van der Waals surface area (Å²) < 4.78 is 22.4. The fourth-order valence-electron chi connectivity index (χ4n) is 1.37. The summed E-state index contributed by atoms with van der Waals surface area (Å²) in [6.45, 7) is 2.58. The third-order valence-corrected chi connectivity index (χ3v) is 4.41. The molecule has 19 heavy (non-hydrogen) atoms. The number of anilines is 1. The zero-order chi connectivity index (χ0) is 14.6. The summed E-state index contributed by atoms with van der Waals surface area (Å²) in [7, 11) is -3.91. The van der Waals surface area contributed by atoms with Crippen LogP contribution in [0.1, 0.15) is 17.3 Å². The van der Waals surface area contributed by atoms with E-state index in [-0.39, 0.29) is 10.5 Å². The van der Waals surface area contributed by atoms with E-state index in [2.05, 4.69) is 5.32 Å². The number of thioether (sulfide) groups is 1. The van der Waals surface area contributed by atoms with Crippen LogP contribution in [0.25, 0.3) is 0 Å². The van der Waals surface area contributed by atoms with Gasteiger partial charge in [0.05, 0.1) is 10.5 Å². The van der Waals surface area contributed by atoms with E-state index in [4.69, 9.17) is 10.2 Å². The molecule has 1 aromatic carbocycles. The van der Waals surface area contributed by atoms with Crippen molar-refractivity contribution in [2.45, 2.75) is 17.1 Å². The summed E-state index contributed by atoms with van der Waals surface area (Å²) in [5, 5.41) is 17.4. The molecule has 6 nitrogen and oxygen atoms in total. The van der Waals surface area contributed by atoms with Gasteiger partial charge in [0.25, 0.3) is 0 Å². The number of hydrogen-bond donors (Lipinski definition) is 3. The molecule has 0 spiro atoms. The molecule has 0 saturated carbocycles. The van der Waals surface area contributed by atoms with Crippen molar-refractivity contribution < 1.29 is 18.3 Å². The number of carboxylic acid groups (broad SMARTS) is 1. The molecule has 1 unspecified atom stereocenters. The molecule has 0 bridgehead atoms. The third kappa shape index (κ3) is 4.41. The first kappa shape index (κ1) is 15.8. The summed E-state index contributed by atoms with van der Waals surface area (Å²) in [5.41, 5.74) is 0.264. The lowest BCUT2D eigenvalue weighted by atomic mass is 10.2. The minimum Gasteiger partial charge on any atom is -0.478 e. The van der Waals surface area contributed by atoms with Crippen molar-refractivity contribution in [3.63, 3.8) is 0 Å². The second-order valence-electron chi connectivity index (χ2n) is 3.98. The Morgan fingerprint density at radius 3 is 2.63 bits per heavy atom. The number of rotatable bonds is 6. The number of hydrogen-bond acceptors (Lipinski definition) is 5. The van der Waals surface area contributed by atoms with Gasteiger partial charge >= 0.3 is 5.97 Å². The second-order valence-corrected chi connectivity index (χ2v) is 6.82. The van der Waals surface area contributed by atoms with Gasteiger partial charge < -0.3 is 10.4 Å². The Labute approximate surface area is 116 Å². The van der Waals surface area contributed by atoms with Crippen LogP contribution in [-0.2, 0) is 10.0 Å². The van der Waals surface area contributed by atoms with E-state index in [1.165, 1.54) is 12.1 Å². The van der Waals surface area contributed by atoms with Gasteiger partial charge in [-0.2, -0.15) is 11.8 Å². The molecule has 1 rings (SSSR count). The maximum absolute atomic E-state index is 11.2. The molecule has 0 aliphatic carbocycles. The maximum Gasteiger partial charge on any atom is 0.337 e. The van der Waals surface area contributed by atoms with E-state index in [1.54, 1.807) is 11.8 Å². The van der Waals surface area contributed by atoms with Gasteiger partial charge in [0, 0.05) is 17.5 Å². The topological polar surface area (TPSA) is 109 Å². The molecule has 1 atom stereocenters. The van der Waals surface area contributed by atoms with Gasteiger partial charge in [0.1, 0.15) is 0 Å². The molecule has 106 valence electrons. The number of primary sulfonamides is 1. The summed E-state index contributed by atoms with van der Waals surface area (Å²) in [5.74, 6) is -1.20. The highest BCUT2D eigenvalue weighted by Gasteiger charge is 2.16. The van der Waals surface area contributed by atoms with E-state index in [0.29, 0.717) is 17.5 Å². The molecular formula is C11H16N2O4S2. The zero-order valence-electron chi connectivity index (χ0n) is 10.6. The average Bonchev–Trinajstić information content (AvgIpc) is 2.34. The fraction of sp³-hybridized carbons (Fsp3) is 0.364. The van der Waals surface area contributed by atoms with Crippen molar-refractivity contribution in [2.75, 3.05) is 18.1 Å². The highest BCUT2D eigenvalue weighted by molar-refractivity contribution is 7.99. The number of nitrogens with two attached hydrogens (primary N) is 1. The van der Waals surface area contributed by atoms with Crippen molar-refractivity contribution in [3.05, 3.63) is 23.8 Å². The van der Waals surface area contributed by atoms with Crippen molar-refractivity contribution in [1.82, 2.24) is 0 Å². The lowest BCUT2D eigenvalue weighted by Gasteiger charge is -2.13. The Bertz CT molecular complexity index is 572. The molecule has 4 N–H and O–H groups in total. The van der Waals surface area contributed by atoms with E-state index in [1.807, 2.05) is 13.2 Å². The molecule has 0 amide bonds. The molecule has 0 aliphatic rings. The van der Waals surface area contributed by atoms with Crippen LogP contribution in [0.4, 0.5) is 5.69 Å². The quantitative estimate of drug-likeness (QED) is 0.728. The van der Waals surface area contributed by atoms with Crippen LogP contribution in [0.2, 0.25) is 0 Å². The van der Waals surface area contributed by atoms with Gasteiger partial charge in [-0.25, -0.2) is 18.4 Å². The van der Waals surface area contributed by atoms with Gasteiger partial charge in [-0.1, -0.05) is 6.92 Å². The normalized spacial score (nSPS) is 13.0. The van der Waals surface area contributed by atoms with Crippen LogP contribution in [0.5, 0.6) is 0 Å². The van der Waals surface area contributed by atoms with Crippen LogP contribution in [0.15, 0.2) is 23.1 Å². The number of carboxylic acids is 1. The average molecular weight is 304 g/mol. The van der Waals surface area contributed by atoms with Gasteiger partial charge in [-0.05, 0) is 24.5 Å². The zero-order valence-corrected chi connectivity index (χ0v) is 12.2. The molecule has 0 radical (unpaired) electrons. The summed E-state index contributed by atoms with van der Waals surface area (Å²) >= 11 is 1.64. The molecule has 0 fully saturated rings.